The van der Waals surface area contributed by atoms with Gasteiger partial charge in [0, 0.05) is 28.7 Å². The molecule has 4 heteroatoms. The smallest absolute Gasteiger partial charge is 0.254 e. The largest absolute Gasteiger partial charge is 0.356 e. The van der Waals surface area contributed by atoms with Gasteiger partial charge in [0.2, 0.25) is 0 Å². The number of hydrogen-bond donors (Lipinski definition) is 1. The molecular weight excluding hydrogens is 363 g/mol. The number of aryl methyl sites for hydroxylation is 1. The number of para-hydroxylation sites is 1. The molecule has 1 atom stereocenters. The topological polar surface area (TPSA) is 36.1 Å². The molecule has 0 spiro atoms. The van der Waals surface area contributed by atoms with E-state index in [1.54, 1.807) is 12.1 Å². The fourth-order valence-corrected chi connectivity index (χ4v) is 4.34. The van der Waals surface area contributed by atoms with Gasteiger partial charge in [0.15, 0.2) is 0 Å². The highest BCUT2D eigenvalue weighted by atomic mass is 19.1. The van der Waals surface area contributed by atoms with Crippen molar-refractivity contribution in [3.63, 3.8) is 0 Å². The summed E-state index contributed by atoms with van der Waals surface area (Å²) in [6.07, 6.45) is 0.767. The van der Waals surface area contributed by atoms with Crippen LogP contribution in [0.3, 0.4) is 0 Å². The highest BCUT2D eigenvalue weighted by Crippen LogP contribution is 2.39. The Morgan fingerprint density at radius 1 is 1.03 bits per heavy atom. The first-order valence-corrected chi connectivity index (χ1v) is 9.84. The van der Waals surface area contributed by atoms with Gasteiger partial charge < -0.3 is 9.88 Å². The molecule has 1 amide bonds. The van der Waals surface area contributed by atoms with Crippen LogP contribution in [0.15, 0.2) is 72.8 Å². The van der Waals surface area contributed by atoms with Crippen molar-refractivity contribution < 1.29 is 9.18 Å². The van der Waals surface area contributed by atoms with E-state index in [1.807, 2.05) is 17.0 Å². The fourth-order valence-electron chi connectivity index (χ4n) is 4.34. The summed E-state index contributed by atoms with van der Waals surface area (Å²) in [6, 6.07) is 22.2. The van der Waals surface area contributed by atoms with Crippen molar-refractivity contribution in [3.8, 4) is 0 Å². The predicted octanol–water partition coefficient (Wildman–Crippen LogP) is 5.40. The van der Waals surface area contributed by atoms with Crippen molar-refractivity contribution in [1.29, 1.82) is 0 Å². The van der Waals surface area contributed by atoms with Crippen LogP contribution in [0.2, 0.25) is 0 Å². The molecule has 0 saturated carbocycles. The third kappa shape index (κ3) is 3.01. The maximum atomic E-state index is 13.8. The van der Waals surface area contributed by atoms with Crippen LogP contribution in [0.4, 0.5) is 4.39 Å². The van der Waals surface area contributed by atoms with Crippen molar-refractivity contribution in [2.45, 2.75) is 19.4 Å². The zero-order valence-corrected chi connectivity index (χ0v) is 16.2. The minimum atomic E-state index is -0.397. The molecule has 0 saturated heterocycles. The summed E-state index contributed by atoms with van der Waals surface area (Å²) >= 11 is 0. The fraction of sp³-hybridized carbons (Fsp3) is 0.160. The Balaban J connectivity index is 1.66. The lowest BCUT2D eigenvalue weighted by Crippen LogP contribution is -2.40. The van der Waals surface area contributed by atoms with Crippen molar-refractivity contribution >= 4 is 16.8 Å². The number of carbonyl (C=O) groups is 1. The zero-order chi connectivity index (χ0) is 20.0. The van der Waals surface area contributed by atoms with Gasteiger partial charge >= 0.3 is 0 Å². The molecule has 1 aliphatic heterocycles. The summed E-state index contributed by atoms with van der Waals surface area (Å²) in [6.45, 7) is 2.64. The summed E-state index contributed by atoms with van der Waals surface area (Å²) < 4.78 is 13.8. The number of carbonyl (C=O) groups excluding carboxylic acids is 1. The van der Waals surface area contributed by atoms with Gasteiger partial charge in [-0.1, -0.05) is 54.1 Å². The van der Waals surface area contributed by atoms with Crippen LogP contribution in [0.5, 0.6) is 0 Å². The van der Waals surface area contributed by atoms with Gasteiger partial charge in [-0.05, 0) is 48.7 Å². The third-order valence-electron chi connectivity index (χ3n) is 5.76. The first-order chi connectivity index (χ1) is 14.1. The Bertz CT molecular complexity index is 1210. The van der Waals surface area contributed by atoms with E-state index in [4.69, 9.17) is 0 Å². The number of H-pyrrole nitrogens is 1. The highest BCUT2D eigenvalue weighted by Gasteiger charge is 2.34. The second kappa shape index (κ2) is 6.89. The van der Waals surface area contributed by atoms with Gasteiger partial charge in [-0.15, -0.1) is 0 Å². The summed E-state index contributed by atoms with van der Waals surface area (Å²) in [7, 11) is 0. The van der Waals surface area contributed by atoms with E-state index in [9.17, 15) is 9.18 Å². The number of hydrogen-bond acceptors (Lipinski definition) is 1. The average molecular weight is 384 g/mol. The number of amides is 1. The molecule has 5 rings (SSSR count). The molecule has 4 aromatic rings. The quantitative estimate of drug-likeness (QED) is 0.493. The molecule has 0 bridgehead atoms. The van der Waals surface area contributed by atoms with E-state index in [-0.39, 0.29) is 11.9 Å². The maximum Gasteiger partial charge on any atom is 0.254 e. The normalized spacial score (nSPS) is 16.1. The number of aromatic amines is 1. The minimum absolute atomic E-state index is 0.153. The first kappa shape index (κ1) is 17.7. The van der Waals surface area contributed by atoms with Gasteiger partial charge in [-0.3, -0.25) is 4.79 Å². The second-order valence-electron chi connectivity index (χ2n) is 7.63. The number of fused-ring (bicyclic) bond motifs is 3. The Kier molecular flexibility index (Phi) is 4.20. The Labute approximate surface area is 168 Å². The molecule has 0 unspecified atom stereocenters. The number of rotatable bonds is 2. The summed E-state index contributed by atoms with van der Waals surface area (Å²) in [5.74, 6) is -0.551. The van der Waals surface area contributed by atoms with E-state index in [0.717, 1.165) is 23.2 Å². The summed E-state index contributed by atoms with van der Waals surface area (Å²) in [5, 5.41) is 1.21. The number of benzene rings is 3. The zero-order valence-electron chi connectivity index (χ0n) is 16.2. The molecule has 29 heavy (non-hydrogen) atoms. The van der Waals surface area contributed by atoms with Gasteiger partial charge in [0.25, 0.3) is 5.91 Å². The van der Waals surface area contributed by atoms with E-state index in [2.05, 4.69) is 48.3 Å². The van der Waals surface area contributed by atoms with Crippen LogP contribution >= 0.6 is 0 Å². The molecule has 3 aromatic carbocycles. The predicted molar refractivity (Wildman–Crippen MR) is 112 cm³/mol. The van der Waals surface area contributed by atoms with Crippen LogP contribution < -0.4 is 0 Å². The van der Waals surface area contributed by atoms with E-state index in [1.165, 1.54) is 28.6 Å². The number of halogens is 1. The SMILES string of the molecule is Cc1ccc([C@@H]2c3[nH]c4ccccc4c3CCN2C(=O)c2cccc(F)c2)cc1. The summed E-state index contributed by atoms with van der Waals surface area (Å²) in [4.78, 5) is 18.8. The van der Waals surface area contributed by atoms with Gasteiger partial charge in [0.1, 0.15) is 5.82 Å². The lowest BCUT2D eigenvalue weighted by atomic mass is 9.91. The molecule has 1 aliphatic rings. The van der Waals surface area contributed by atoms with Crippen molar-refractivity contribution in [1.82, 2.24) is 9.88 Å². The van der Waals surface area contributed by atoms with Crippen molar-refractivity contribution in [2.75, 3.05) is 6.54 Å². The Hall–Kier alpha value is -3.40. The van der Waals surface area contributed by atoms with E-state index >= 15 is 0 Å². The molecule has 3 nitrogen and oxygen atoms in total. The molecular formula is C25H21FN2O. The molecule has 0 aliphatic carbocycles. The molecule has 2 heterocycles. The second-order valence-corrected chi connectivity index (χ2v) is 7.63. The van der Waals surface area contributed by atoms with Crippen molar-refractivity contribution in [2.24, 2.45) is 0 Å². The Morgan fingerprint density at radius 3 is 2.62 bits per heavy atom. The van der Waals surface area contributed by atoms with E-state index < -0.39 is 5.82 Å². The van der Waals surface area contributed by atoms with Crippen LogP contribution in [-0.2, 0) is 6.42 Å². The number of nitrogens with zero attached hydrogens (tertiary/aromatic N) is 1. The molecule has 1 N–H and O–H groups in total. The molecule has 144 valence electrons. The Morgan fingerprint density at radius 2 is 1.83 bits per heavy atom. The van der Waals surface area contributed by atoms with E-state index in [0.29, 0.717) is 12.1 Å². The first-order valence-electron chi connectivity index (χ1n) is 9.84. The lowest BCUT2D eigenvalue weighted by molar-refractivity contribution is 0.0691. The lowest BCUT2D eigenvalue weighted by Gasteiger charge is -2.36. The summed E-state index contributed by atoms with van der Waals surface area (Å²) in [5.41, 5.74) is 5.98. The molecule has 0 radical (unpaired) electrons. The van der Waals surface area contributed by atoms with Crippen molar-refractivity contribution in [3.05, 3.63) is 107 Å². The molecule has 0 fully saturated rings. The number of nitrogens with one attached hydrogen (secondary N) is 1. The van der Waals surface area contributed by atoms with Crippen LogP contribution in [0.1, 0.15) is 38.8 Å². The van der Waals surface area contributed by atoms with Crippen LogP contribution in [0.25, 0.3) is 10.9 Å². The van der Waals surface area contributed by atoms with Gasteiger partial charge in [-0.2, -0.15) is 0 Å². The number of aromatic nitrogens is 1. The standard InChI is InChI=1S/C25H21FN2O/c1-16-9-11-17(12-10-16)24-23-21(20-7-2-3-8-22(20)27-23)13-14-28(24)25(29)18-5-4-6-19(26)15-18/h2-12,15,24,27H,13-14H2,1H3/t24-/m1/s1. The average Bonchev–Trinajstić information content (AvgIpc) is 3.12. The monoisotopic (exact) mass is 384 g/mol. The molecule has 1 aromatic heterocycles. The highest BCUT2D eigenvalue weighted by molar-refractivity contribution is 5.95. The van der Waals surface area contributed by atoms with Gasteiger partial charge in [-0.25, -0.2) is 4.39 Å². The maximum absolute atomic E-state index is 13.8. The van der Waals surface area contributed by atoms with Crippen LogP contribution in [-0.4, -0.2) is 22.3 Å². The minimum Gasteiger partial charge on any atom is -0.356 e. The van der Waals surface area contributed by atoms with Crippen LogP contribution in [0, 0.1) is 12.7 Å². The van der Waals surface area contributed by atoms with Gasteiger partial charge in [0.05, 0.1) is 6.04 Å². The third-order valence-corrected chi connectivity index (χ3v) is 5.76.